The quantitative estimate of drug-likeness (QED) is 0.563. The summed E-state index contributed by atoms with van der Waals surface area (Å²) in [5, 5.41) is 13.8. The van der Waals surface area contributed by atoms with Crippen LogP contribution >= 0.6 is 23.1 Å². The molecule has 0 aliphatic carbocycles. The van der Waals surface area contributed by atoms with Crippen LogP contribution in [0, 0.1) is 5.82 Å². The van der Waals surface area contributed by atoms with Gasteiger partial charge in [-0.2, -0.15) is 0 Å². The molecule has 2 N–H and O–H groups in total. The number of ether oxygens (including phenoxy) is 1. The van der Waals surface area contributed by atoms with Crippen LogP contribution < -0.4 is 15.4 Å². The zero-order valence-corrected chi connectivity index (χ0v) is 16.2. The van der Waals surface area contributed by atoms with Gasteiger partial charge in [-0.15, -0.1) is 10.2 Å². The van der Waals surface area contributed by atoms with Gasteiger partial charge in [0.15, 0.2) is 4.34 Å². The van der Waals surface area contributed by atoms with Crippen LogP contribution in [0.15, 0.2) is 52.9 Å². The highest BCUT2D eigenvalue weighted by Crippen LogP contribution is 2.32. The van der Waals surface area contributed by atoms with Crippen molar-refractivity contribution in [3.8, 4) is 5.75 Å². The average Bonchev–Trinajstić information content (AvgIpc) is 3.11. The number of benzene rings is 2. The molecule has 140 valence electrons. The van der Waals surface area contributed by atoms with Crippen molar-refractivity contribution < 1.29 is 13.9 Å². The van der Waals surface area contributed by atoms with Crippen molar-refractivity contribution in [3.05, 3.63) is 54.3 Å². The zero-order chi connectivity index (χ0) is 19.2. The third kappa shape index (κ3) is 4.95. The number of hydrogen-bond acceptors (Lipinski definition) is 7. The highest BCUT2D eigenvalue weighted by molar-refractivity contribution is 8.02. The lowest BCUT2D eigenvalue weighted by Gasteiger charge is -2.12. The molecule has 1 heterocycles. The van der Waals surface area contributed by atoms with Crippen molar-refractivity contribution in [1.29, 1.82) is 0 Å². The Morgan fingerprint density at radius 1 is 1.15 bits per heavy atom. The molecule has 0 saturated heterocycles. The zero-order valence-electron chi connectivity index (χ0n) is 14.6. The van der Waals surface area contributed by atoms with E-state index in [-0.39, 0.29) is 11.7 Å². The minimum absolute atomic E-state index is 0.177. The van der Waals surface area contributed by atoms with E-state index in [1.54, 1.807) is 44.4 Å². The largest absolute Gasteiger partial charge is 0.495 e. The minimum atomic E-state index is -0.399. The van der Waals surface area contributed by atoms with Gasteiger partial charge in [-0.05, 0) is 31.2 Å². The summed E-state index contributed by atoms with van der Waals surface area (Å²) in [4.78, 5) is 12.4. The van der Waals surface area contributed by atoms with Crippen LogP contribution in [-0.4, -0.2) is 28.5 Å². The SMILES string of the molecule is COc1ccccc1NC(=O)C(C)Sc1nnc(Nc2ccccc2F)s1. The maximum Gasteiger partial charge on any atom is 0.237 e. The Morgan fingerprint density at radius 3 is 2.59 bits per heavy atom. The van der Waals surface area contributed by atoms with Gasteiger partial charge in [0.1, 0.15) is 11.6 Å². The van der Waals surface area contributed by atoms with Crippen molar-refractivity contribution in [3.63, 3.8) is 0 Å². The molecule has 1 unspecified atom stereocenters. The smallest absolute Gasteiger partial charge is 0.237 e. The van der Waals surface area contributed by atoms with Crippen LogP contribution in [0.25, 0.3) is 0 Å². The van der Waals surface area contributed by atoms with Crippen LogP contribution in [0.4, 0.5) is 20.9 Å². The number of hydrogen-bond donors (Lipinski definition) is 2. The molecule has 0 spiro atoms. The van der Waals surface area contributed by atoms with Gasteiger partial charge in [-0.3, -0.25) is 4.79 Å². The summed E-state index contributed by atoms with van der Waals surface area (Å²) in [6.07, 6.45) is 0. The van der Waals surface area contributed by atoms with E-state index < -0.39 is 5.25 Å². The first-order valence-corrected chi connectivity index (χ1v) is 9.72. The number of nitrogens with zero attached hydrogens (tertiary/aromatic N) is 2. The second-order valence-corrected chi connectivity index (χ2v) is 7.99. The number of para-hydroxylation sites is 3. The standard InChI is InChI=1S/C18H17FN4O2S2/c1-11(16(24)20-14-9-5-6-10-15(14)25-2)26-18-23-22-17(27-18)21-13-8-4-3-7-12(13)19/h3-11H,1-2H3,(H,20,24)(H,21,22). The van der Waals surface area contributed by atoms with E-state index in [1.807, 2.05) is 12.1 Å². The summed E-state index contributed by atoms with van der Waals surface area (Å²) in [5.41, 5.74) is 0.934. The van der Waals surface area contributed by atoms with Crippen LogP contribution in [0.3, 0.4) is 0 Å². The second kappa shape index (κ2) is 8.83. The number of rotatable bonds is 7. The average molecular weight is 404 g/mol. The number of carbonyl (C=O) groups is 1. The Morgan fingerprint density at radius 2 is 1.85 bits per heavy atom. The summed E-state index contributed by atoms with van der Waals surface area (Å²) < 4.78 is 19.5. The summed E-state index contributed by atoms with van der Waals surface area (Å²) >= 11 is 2.53. The Bertz CT molecular complexity index is 935. The third-order valence-electron chi connectivity index (χ3n) is 3.53. The summed E-state index contributed by atoms with van der Waals surface area (Å²) in [5.74, 6) is 0.0464. The fourth-order valence-corrected chi connectivity index (χ4v) is 4.08. The summed E-state index contributed by atoms with van der Waals surface area (Å²) in [6, 6.07) is 13.5. The molecule has 6 nitrogen and oxygen atoms in total. The summed E-state index contributed by atoms with van der Waals surface area (Å²) in [7, 11) is 1.55. The molecule has 0 radical (unpaired) electrons. The number of aromatic nitrogens is 2. The predicted molar refractivity (Wildman–Crippen MR) is 107 cm³/mol. The molecule has 1 atom stereocenters. The normalized spacial score (nSPS) is 11.7. The van der Waals surface area contributed by atoms with E-state index in [1.165, 1.54) is 29.2 Å². The van der Waals surface area contributed by atoms with Crippen LogP contribution in [0.1, 0.15) is 6.92 Å². The first-order valence-electron chi connectivity index (χ1n) is 8.02. The third-order valence-corrected chi connectivity index (χ3v) is 5.56. The Kier molecular flexibility index (Phi) is 6.25. The molecule has 27 heavy (non-hydrogen) atoms. The van der Waals surface area contributed by atoms with Gasteiger partial charge in [-0.1, -0.05) is 47.4 Å². The lowest BCUT2D eigenvalue weighted by Crippen LogP contribution is -2.22. The predicted octanol–water partition coefficient (Wildman–Crippen LogP) is 4.55. The summed E-state index contributed by atoms with van der Waals surface area (Å²) in [6.45, 7) is 1.78. The van der Waals surface area contributed by atoms with Crippen molar-refractivity contribution in [2.45, 2.75) is 16.5 Å². The molecule has 2 aromatic carbocycles. The Labute approximate surface area is 164 Å². The van der Waals surface area contributed by atoms with Crippen LogP contribution in [0.5, 0.6) is 5.75 Å². The highest BCUT2D eigenvalue weighted by Gasteiger charge is 2.18. The van der Waals surface area contributed by atoms with E-state index in [0.717, 1.165) is 0 Å². The van der Waals surface area contributed by atoms with Gasteiger partial charge in [0, 0.05) is 0 Å². The minimum Gasteiger partial charge on any atom is -0.495 e. The highest BCUT2D eigenvalue weighted by atomic mass is 32.2. The number of methoxy groups -OCH3 is 1. The molecule has 3 rings (SSSR count). The molecule has 0 aliphatic rings. The molecule has 9 heteroatoms. The van der Waals surface area contributed by atoms with Gasteiger partial charge in [-0.25, -0.2) is 4.39 Å². The molecule has 1 aromatic heterocycles. The van der Waals surface area contributed by atoms with Crippen LogP contribution in [0.2, 0.25) is 0 Å². The van der Waals surface area contributed by atoms with E-state index in [2.05, 4.69) is 20.8 Å². The number of halogens is 1. The molecule has 0 bridgehead atoms. The van der Waals surface area contributed by atoms with E-state index >= 15 is 0 Å². The van der Waals surface area contributed by atoms with Crippen molar-refractivity contribution in [2.75, 3.05) is 17.7 Å². The molecule has 3 aromatic rings. The Balaban J connectivity index is 1.61. The molecule has 0 fully saturated rings. The van der Waals surface area contributed by atoms with Gasteiger partial charge >= 0.3 is 0 Å². The van der Waals surface area contributed by atoms with Crippen molar-refractivity contribution in [1.82, 2.24) is 10.2 Å². The molecule has 0 aliphatic heterocycles. The monoisotopic (exact) mass is 404 g/mol. The number of nitrogens with one attached hydrogen (secondary N) is 2. The molecule has 0 saturated carbocycles. The Hall–Kier alpha value is -2.65. The molecular weight excluding hydrogens is 387 g/mol. The van der Waals surface area contributed by atoms with Gasteiger partial charge in [0.05, 0.1) is 23.7 Å². The first-order chi connectivity index (χ1) is 13.1. The first kappa shape index (κ1) is 19.1. The lowest BCUT2D eigenvalue weighted by atomic mass is 10.3. The number of amides is 1. The van der Waals surface area contributed by atoms with Gasteiger partial charge < -0.3 is 15.4 Å². The van der Waals surface area contributed by atoms with Crippen LogP contribution in [-0.2, 0) is 4.79 Å². The number of thioether (sulfide) groups is 1. The maximum atomic E-state index is 13.7. The second-order valence-electron chi connectivity index (χ2n) is 5.43. The fraction of sp³-hybridized carbons (Fsp3) is 0.167. The van der Waals surface area contributed by atoms with Crippen molar-refractivity contribution >= 4 is 45.5 Å². The fourth-order valence-electron chi connectivity index (χ4n) is 2.17. The van der Waals surface area contributed by atoms with Crippen molar-refractivity contribution in [2.24, 2.45) is 0 Å². The molecular formula is C18H17FN4O2S2. The van der Waals surface area contributed by atoms with E-state index in [4.69, 9.17) is 4.74 Å². The topological polar surface area (TPSA) is 76.1 Å². The van der Waals surface area contributed by atoms with Gasteiger partial charge in [0.25, 0.3) is 0 Å². The number of carbonyl (C=O) groups excluding carboxylic acids is 1. The van der Waals surface area contributed by atoms with E-state index in [0.29, 0.717) is 26.6 Å². The lowest BCUT2D eigenvalue weighted by molar-refractivity contribution is -0.115. The van der Waals surface area contributed by atoms with Gasteiger partial charge in [0.2, 0.25) is 11.0 Å². The molecule has 1 amide bonds. The number of anilines is 3. The maximum absolute atomic E-state index is 13.7. The van der Waals surface area contributed by atoms with E-state index in [9.17, 15) is 9.18 Å².